The number of nitrogens with two attached hydrogens (primary N) is 1. The monoisotopic (exact) mass is 144 g/mol. The average molecular weight is 144 g/mol. The van der Waals surface area contributed by atoms with Gasteiger partial charge < -0.3 is 4.74 Å². The lowest BCUT2D eigenvalue weighted by Gasteiger charge is -2.28. The lowest BCUT2D eigenvalue weighted by atomic mass is 10.4. The molecule has 1 saturated heterocycles. The van der Waals surface area contributed by atoms with Crippen molar-refractivity contribution in [2.75, 3.05) is 26.3 Å². The fourth-order valence-electron chi connectivity index (χ4n) is 0.924. The minimum absolute atomic E-state index is 0.469. The van der Waals surface area contributed by atoms with Crippen molar-refractivity contribution < 1.29 is 4.74 Å². The van der Waals surface area contributed by atoms with E-state index in [0.29, 0.717) is 13.2 Å². The first kappa shape index (κ1) is 7.59. The molecule has 0 aliphatic carbocycles. The minimum atomic E-state index is -0.469. The van der Waals surface area contributed by atoms with Gasteiger partial charge in [-0.2, -0.15) is 5.11 Å². The van der Waals surface area contributed by atoms with Gasteiger partial charge in [0.05, 0.1) is 13.2 Å². The second-order valence-corrected chi connectivity index (χ2v) is 2.19. The average Bonchev–Trinajstić information content (AvgIpc) is 2.05. The highest BCUT2D eigenvalue weighted by Crippen LogP contribution is 1.99. The molecule has 3 N–H and O–H groups in total. The maximum absolute atomic E-state index is 6.66. The van der Waals surface area contributed by atoms with Gasteiger partial charge in [-0.15, -0.1) is 0 Å². The molecule has 1 aliphatic heterocycles. The maximum Gasteiger partial charge on any atom is 0.173 e. The van der Waals surface area contributed by atoms with Gasteiger partial charge in [-0.3, -0.25) is 10.6 Å². The Hall–Kier alpha value is -0.520. The van der Waals surface area contributed by atoms with Crippen LogP contribution in [0.15, 0.2) is 5.11 Å². The first-order valence-electron chi connectivity index (χ1n) is 3.28. The van der Waals surface area contributed by atoms with Crippen LogP contribution in [0.2, 0.25) is 0 Å². The van der Waals surface area contributed by atoms with E-state index in [0.717, 1.165) is 13.1 Å². The summed E-state index contributed by atoms with van der Waals surface area (Å²) in [5, 5.41) is 3.21. The van der Waals surface area contributed by atoms with Crippen LogP contribution < -0.4 is 5.73 Å². The summed E-state index contributed by atoms with van der Waals surface area (Å²) in [4.78, 5) is 1.91. The molecular weight excluding hydrogens is 132 g/mol. The van der Waals surface area contributed by atoms with Crippen molar-refractivity contribution in [1.29, 1.82) is 5.53 Å². The zero-order valence-corrected chi connectivity index (χ0v) is 5.79. The van der Waals surface area contributed by atoms with Crippen LogP contribution in [0.3, 0.4) is 0 Å². The fraction of sp³-hybridized carbons (Fsp3) is 1.00. The fourth-order valence-corrected chi connectivity index (χ4v) is 0.924. The van der Waals surface area contributed by atoms with Gasteiger partial charge in [0, 0.05) is 13.1 Å². The second kappa shape index (κ2) is 3.60. The van der Waals surface area contributed by atoms with Gasteiger partial charge in [0.2, 0.25) is 0 Å². The van der Waals surface area contributed by atoms with Crippen LogP contribution in [-0.2, 0) is 4.74 Å². The number of hydrogen-bond donors (Lipinski definition) is 2. The molecule has 0 radical (unpaired) electrons. The summed E-state index contributed by atoms with van der Waals surface area (Å²) < 4.78 is 5.09. The third kappa shape index (κ3) is 1.73. The molecule has 0 aromatic heterocycles. The summed E-state index contributed by atoms with van der Waals surface area (Å²) in [5.74, 6) is 0. The molecule has 5 nitrogen and oxygen atoms in total. The van der Waals surface area contributed by atoms with Crippen molar-refractivity contribution in [3.63, 3.8) is 0 Å². The summed E-state index contributed by atoms with van der Waals surface area (Å²) in [7, 11) is 0. The van der Waals surface area contributed by atoms with Crippen LogP contribution in [0.1, 0.15) is 0 Å². The summed E-state index contributed by atoms with van der Waals surface area (Å²) in [6, 6.07) is 0. The minimum Gasteiger partial charge on any atom is -0.379 e. The number of ether oxygens (including phenoxy) is 1. The van der Waals surface area contributed by atoms with E-state index < -0.39 is 6.29 Å². The van der Waals surface area contributed by atoms with Gasteiger partial charge in [0.15, 0.2) is 6.29 Å². The highest BCUT2D eigenvalue weighted by atomic mass is 16.5. The molecule has 1 heterocycles. The molecule has 1 fully saturated rings. The van der Waals surface area contributed by atoms with Gasteiger partial charge in [-0.25, -0.2) is 5.53 Å². The summed E-state index contributed by atoms with van der Waals surface area (Å²) in [6.45, 7) is 2.96. The van der Waals surface area contributed by atoms with Crippen molar-refractivity contribution in [2.24, 2.45) is 10.8 Å². The van der Waals surface area contributed by atoms with Crippen molar-refractivity contribution in [1.82, 2.24) is 4.90 Å². The Labute approximate surface area is 59.6 Å². The van der Waals surface area contributed by atoms with Gasteiger partial charge in [0.1, 0.15) is 0 Å². The molecule has 1 atom stereocenters. The van der Waals surface area contributed by atoms with Crippen molar-refractivity contribution >= 4 is 0 Å². The Bertz CT molecular complexity index is 112. The van der Waals surface area contributed by atoms with E-state index in [2.05, 4.69) is 5.11 Å². The van der Waals surface area contributed by atoms with E-state index in [1.807, 2.05) is 4.90 Å². The Morgan fingerprint density at radius 2 is 2.10 bits per heavy atom. The van der Waals surface area contributed by atoms with Crippen LogP contribution in [0, 0.1) is 5.53 Å². The highest BCUT2D eigenvalue weighted by molar-refractivity contribution is 4.64. The standard InChI is InChI=1S/C5H12N4O/c6-5(8-7)9-1-3-10-4-2-9/h5,7H,1-4,6H2. The predicted octanol–water partition coefficient (Wildman–Crippen LogP) is -0.408. The quantitative estimate of drug-likeness (QED) is 0.517. The van der Waals surface area contributed by atoms with Crippen LogP contribution in [0.5, 0.6) is 0 Å². The zero-order valence-electron chi connectivity index (χ0n) is 5.79. The van der Waals surface area contributed by atoms with E-state index in [1.165, 1.54) is 0 Å². The third-order valence-corrected chi connectivity index (χ3v) is 1.55. The molecule has 0 aromatic carbocycles. The largest absolute Gasteiger partial charge is 0.379 e. The number of hydrogen-bond acceptors (Lipinski definition) is 5. The Morgan fingerprint density at radius 3 is 2.60 bits per heavy atom. The number of nitrogens with zero attached hydrogens (tertiary/aromatic N) is 2. The van der Waals surface area contributed by atoms with Crippen LogP contribution in [0.4, 0.5) is 0 Å². The maximum atomic E-state index is 6.66. The lowest BCUT2D eigenvalue weighted by molar-refractivity contribution is 0.0176. The summed E-state index contributed by atoms with van der Waals surface area (Å²) in [6.07, 6.45) is -0.469. The van der Waals surface area contributed by atoms with E-state index in [9.17, 15) is 0 Å². The summed E-state index contributed by atoms with van der Waals surface area (Å²) >= 11 is 0. The zero-order chi connectivity index (χ0) is 7.40. The van der Waals surface area contributed by atoms with Crippen LogP contribution in [0.25, 0.3) is 0 Å². The SMILES string of the molecule is N=NC(N)N1CCOCC1. The van der Waals surface area contributed by atoms with Crippen molar-refractivity contribution in [2.45, 2.75) is 6.29 Å². The number of rotatable bonds is 2. The molecular formula is C5H12N4O. The van der Waals surface area contributed by atoms with Gasteiger partial charge in [-0.1, -0.05) is 0 Å². The molecule has 0 bridgehead atoms. The normalized spacial score (nSPS) is 24.1. The van der Waals surface area contributed by atoms with E-state index in [-0.39, 0.29) is 0 Å². The predicted molar refractivity (Wildman–Crippen MR) is 35.5 cm³/mol. The van der Waals surface area contributed by atoms with Crippen LogP contribution >= 0.6 is 0 Å². The molecule has 10 heavy (non-hydrogen) atoms. The Kier molecular flexibility index (Phi) is 2.73. The molecule has 0 amide bonds. The molecule has 0 spiro atoms. The van der Waals surface area contributed by atoms with E-state index in [1.54, 1.807) is 0 Å². The Morgan fingerprint density at radius 1 is 1.50 bits per heavy atom. The van der Waals surface area contributed by atoms with E-state index >= 15 is 0 Å². The van der Waals surface area contributed by atoms with Gasteiger partial charge >= 0.3 is 0 Å². The highest BCUT2D eigenvalue weighted by Gasteiger charge is 2.15. The molecule has 1 rings (SSSR count). The molecule has 58 valence electrons. The lowest BCUT2D eigenvalue weighted by Crippen LogP contribution is -2.46. The third-order valence-electron chi connectivity index (χ3n) is 1.55. The molecule has 0 aromatic rings. The van der Waals surface area contributed by atoms with Crippen molar-refractivity contribution in [3.8, 4) is 0 Å². The second-order valence-electron chi connectivity index (χ2n) is 2.19. The van der Waals surface area contributed by atoms with Gasteiger partial charge in [0.25, 0.3) is 0 Å². The molecule has 5 heteroatoms. The first-order chi connectivity index (χ1) is 4.84. The molecule has 0 saturated carbocycles. The number of morpholine rings is 1. The Balaban J connectivity index is 2.30. The van der Waals surface area contributed by atoms with Gasteiger partial charge in [-0.05, 0) is 0 Å². The summed E-state index contributed by atoms with van der Waals surface area (Å²) in [5.41, 5.74) is 12.1. The smallest absolute Gasteiger partial charge is 0.173 e. The molecule has 1 aliphatic rings. The van der Waals surface area contributed by atoms with Crippen LogP contribution in [-0.4, -0.2) is 37.5 Å². The topological polar surface area (TPSA) is 74.7 Å². The van der Waals surface area contributed by atoms with Crippen molar-refractivity contribution in [3.05, 3.63) is 0 Å². The number of nitrogens with one attached hydrogen (secondary N) is 1. The first-order valence-corrected chi connectivity index (χ1v) is 3.28. The molecule has 1 unspecified atom stereocenters. The van der Waals surface area contributed by atoms with E-state index in [4.69, 9.17) is 16.0 Å².